The van der Waals surface area contributed by atoms with Gasteiger partial charge in [0.05, 0.1) is 0 Å². The second-order valence-corrected chi connectivity index (χ2v) is 6.86. The van der Waals surface area contributed by atoms with Crippen molar-refractivity contribution in [1.29, 1.82) is 0 Å². The van der Waals surface area contributed by atoms with Crippen molar-refractivity contribution >= 4 is 21.4 Å². The van der Waals surface area contributed by atoms with Crippen molar-refractivity contribution in [1.82, 2.24) is 5.32 Å². The van der Waals surface area contributed by atoms with Crippen molar-refractivity contribution < 1.29 is 0 Å². The summed E-state index contributed by atoms with van der Waals surface area (Å²) in [5.41, 5.74) is 1.52. The molecule has 0 saturated heterocycles. The topological polar surface area (TPSA) is 12.0 Å². The van der Waals surface area contributed by atoms with Gasteiger partial charge in [0.1, 0.15) is 0 Å². The van der Waals surface area contributed by atoms with Crippen LogP contribution in [-0.4, -0.2) is 13.1 Å². The molecule has 1 aromatic heterocycles. The molecule has 19 heavy (non-hydrogen) atoms. The van der Waals surface area contributed by atoms with Gasteiger partial charge in [0.2, 0.25) is 0 Å². The van der Waals surface area contributed by atoms with E-state index in [1.807, 2.05) is 11.3 Å². The van der Waals surface area contributed by atoms with Gasteiger partial charge in [-0.2, -0.15) is 0 Å². The van der Waals surface area contributed by atoms with Gasteiger partial charge in [0, 0.05) is 4.70 Å². The van der Waals surface area contributed by atoms with Crippen LogP contribution in [0.4, 0.5) is 0 Å². The molecule has 0 saturated carbocycles. The Morgan fingerprint density at radius 1 is 1.16 bits per heavy atom. The summed E-state index contributed by atoms with van der Waals surface area (Å²) in [5, 5.41) is 7.32. The minimum atomic E-state index is 0.746. The molecule has 0 aliphatic carbocycles. The summed E-state index contributed by atoms with van der Waals surface area (Å²) in [7, 11) is 0. The predicted molar refractivity (Wildman–Crippen MR) is 87.0 cm³/mol. The van der Waals surface area contributed by atoms with Crippen LogP contribution in [0.1, 0.15) is 32.8 Å². The van der Waals surface area contributed by atoms with E-state index in [0.717, 1.165) is 24.9 Å². The Morgan fingerprint density at radius 3 is 2.74 bits per heavy atom. The molecule has 1 N–H and O–H groups in total. The van der Waals surface area contributed by atoms with Crippen LogP contribution in [0, 0.1) is 11.8 Å². The lowest BCUT2D eigenvalue weighted by atomic mass is 9.97. The summed E-state index contributed by atoms with van der Waals surface area (Å²) < 4.78 is 1.42. The van der Waals surface area contributed by atoms with Gasteiger partial charge in [-0.25, -0.2) is 0 Å². The maximum atomic E-state index is 3.54. The smallest absolute Gasteiger partial charge is 0.0345 e. The highest BCUT2D eigenvalue weighted by Crippen LogP contribution is 2.27. The molecule has 0 amide bonds. The highest BCUT2D eigenvalue weighted by Gasteiger charge is 2.08. The average Bonchev–Trinajstić information content (AvgIpc) is 2.78. The largest absolute Gasteiger partial charge is 0.316 e. The van der Waals surface area contributed by atoms with Crippen LogP contribution < -0.4 is 5.32 Å². The van der Waals surface area contributed by atoms with Crippen LogP contribution in [0.5, 0.6) is 0 Å². The minimum absolute atomic E-state index is 0.746. The SMILES string of the molecule is CC(C)CNCCC(C)Cc1csc2ccccc12. The maximum absolute atomic E-state index is 3.54. The summed E-state index contributed by atoms with van der Waals surface area (Å²) >= 11 is 1.87. The molecule has 1 heterocycles. The van der Waals surface area contributed by atoms with Crippen LogP contribution in [0.3, 0.4) is 0 Å². The third-order valence-electron chi connectivity index (χ3n) is 3.50. The first-order chi connectivity index (χ1) is 9.16. The summed E-state index contributed by atoms with van der Waals surface area (Å²) in [6, 6.07) is 8.75. The fourth-order valence-corrected chi connectivity index (χ4v) is 3.38. The number of thiophene rings is 1. The minimum Gasteiger partial charge on any atom is -0.316 e. The van der Waals surface area contributed by atoms with Gasteiger partial charge in [-0.05, 0) is 60.2 Å². The highest BCUT2D eigenvalue weighted by atomic mass is 32.1. The van der Waals surface area contributed by atoms with Crippen molar-refractivity contribution in [3.63, 3.8) is 0 Å². The summed E-state index contributed by atoms with van der Waals surface area (Å²) in [4.78, 5) is 0. The second-order valence-electron chi connectivity index (χ2n) is 5.95. The fourth-order valence-electron chi connectivity index (χ4n) is 2.41. The maximum Gasteiger partial charge on any atom is 0.0345 e. The fraction of sp³-hybridized carbons (Fsp3) is 0.529. The summed E-state index contributed by atoms with van der Waals surface area (Å²) in [5.74, 6) is 1.49. The van der Waals surface area contributed by atoms with E-state index < -0.39 is 0 Å². The quantitative estimate of drug-likeness (QED) is 0.721. The zero-order chi connectivity index (χ0) is 13.7. The molecule has 0 bridgehead atoms. The van der Waals surface area contributed by atoms with Crippen molar-refractivity contribution in [3.05, 3.63) is 35.2 Å². The Bertz CT molecular complexity index is 501. The number of hydrogen-bond donors (Lipinski definition) is 1. The Balaban J connectivity index is 1.83. The Kier molecular flexibility index (Phi) is 5.41. The third kappa shape index (κ3) is 4.32. The summed E-state index contributed by atoms with van der Waals surface area (Å²) in [6.07, 6.45) is 2.46. The predicted octanol–water partition coefficient (Wildman–Crippen LogP) is 4.72. The molecule has 0 fully saturated rings. The molecule has 0 aliphatic rings. The van der Waals surface area contributed by atoms with Gasteiger partial charge in [-0.1, -0.05) is 39.0 Å². The lowest BCUT2D eigenvalue weighted by molar-refractivity contribution is 0.475. The molecule has 0 aliphatic heterocycles. The Morgan fingerprint density at radius 2 is 1.95 bits per heavy atom. The second kappa shape index (κ2) is 7.06. The van der Waals surface area contributed by atoms with Gasteiger partial charge in [-0.3, -0.25) is 0 Å². The molecule has 1 nitrogen and oxygen atoms in total. The summed E-state index contributed by atoms with van der Waals surface area (Å²) in [6.45, 7) is 9.15. The van der Waals surface area contributed by atoms with Crippen molar-refractivity contribution in [2.24, 2.45) is 11.8 Å². The standard InChI is InChI=1S/C17H25NS/c1-13(2)11-18-9-8-14(3)10-15-12-19-17-7-5-4-6-16(15)17/h4-7,12-14,18H,8-11H2,1-3H3. The molecule has 1 aromatic carbocycles. The van der Waals surface area contributed by atoms with Crippen molar-refractivity contribution in [3.8, 4) is 0 Å². The Labute approximate surface area is 121 Å². The number of rotatable bonds is 7. The molecule has 1 unspecified atom stereocenters. The molecular formula is C17H25NS. The van der Waals surface area contributed by atoms with Gasteiger partial charge in [-0.15, -0.1) is 11.3 Å². The number of benzene rings is 1. The van der Waals surface area contributed by atoms with Crippen molar-refractivity contribution in [2.75, 3.05) is 13.1 Å². The monoisotopic (exact) mass is 275 g/mol. The first-order valence-corrected chi connectivity index (χ1v) is 8.20. The average molecular weight is 275 g/mol. The third-order valence-corrected chi connectivity index (χ3v) is 4.51. The lowest BCUT2D eigenvalue weighted by Crippen LogP contribution is -2.22. The molecule has 1 atom stereocenters. The Hall–Kier alpha value is -0.860. The molecule has 2 heteroatoms. The van der Waals surface area contributed by atoms with E-state index in [9.17, 15) is 0 Å². The molecule has 2 aromatic rings. The van der Waals surface area contributed by atoms with Crippen LogP contribution >= 0.6 is 11.3 Å². The molecule has 2 rings (SSSR count). The molecule has 104 valence electrons. The van der Waals surface area contributed by atoms with Gasteiger partial charge < -0.3 is 5.32 Å². The van der Waals surface area contributed by atoms with E-state index in [0.29, 0.717) is 0 Å². The zero-order valence-electron chi connectivity index (χ0n) is 12.3. The zero-order valence-corrected chi connectivity index (χ0v) is 13.1. The van der Waals surface area contributed by atoms with Crippen LogP contribution in [-0.2, 0) is 6.42 Å². The number of nitrogens with one attached hydrogen (secondary N) is 1. The van der Waals surface area contributed by atoms with E-state index in [-0.39, 0.29) is 0 Å². The van der Waals surface area contributed by atoms with E-state index >= 15 is 0 Å². The van der Waals surface area contributed by atoms with Gasteiger partial charge in [0.15, 0.2) is 0 Å². The first-order valence-electron chi connectivity index (χ1n) is 7.32. The van der Waals surface area contributed by atoms with Crippen molar-refractivity contribution in [2.45, 2.75) is 33.6 Å². The van der Waals surface area contributed by atoms with Crippen LogP contribution in [0.25, 0.3) is 10.1 Å². The van der Waals surface area contributed by atoms with Crippen LogP contribution in [0.15, 0.2) is 29.6 Å². The molecule has 0 radical (unpaired) electrons. The normalized spacial score (nSPS) is 13.3. The van der Waals surface area contributed by atoms with E-state index in [2.05, 4.69) is 55.7 Å². The van der Waals surface area contributed by atoms with Gasteiger partial charge >= 0.3 is 0 Å². The van der Waals surface area contributed by atoms with E-state index in [1.165, 1.54) is 28.5 Å². The number of fused-ring (bicyclic) bond motifs is 1. The highest BCUT2D eigenvalue weighted by molar-refractivity contribution is 7.17. The van der Waals surface area contributed by atoms with Crippen LogP contribution in [0.2, 0.25) is 0 Å². The first kappa shape index (κ1) is 14.5. The lowest BCUT2D eigenvalue weighted by Gasteiger charge is -2.12. The number of hydrogen-bond acceptors (Lipinski definition) is 2. The molecule has 0 spiro atoms. The molecular weight excluding hydrogens is 250 g/mol. The van der Waals surface area contributed by atoms with E-state index in [4.69, 9.17) is 0 Å². The van der Waals surface area contributed by atoms with Gasteiger partial charge in [0.25, 0.3) is 0 Å². The van der Waals surface area contributed by atoms with E-state index in [1.54, 1.807) is 0 Å².